The van der Waals surface area contributed by atoms with E-state index in [9.17, 15) is 4.79 Å². The van der Waals surface area contributed by atoms with E-state index in [2.05, 4.69) is 54.9 Å². The summed E-state index contributed by atoms with van der Waals surface area (Å²) in [7, 11) is 0. The lowest BCUT2D eigenvalue weighted by molar-refractivity contribution is 0.0292. The summed E-state index contributed by atoms with van der Waals surface area (Å²) in [5, 5.41) is 0. The molecule has 1 saturated heterocycles. The Hall–Kier alpha value is -1.03. The number of amides is 1. The van der Waals surface area contributed by atoms with E-state index in [-0.39, 0.29) is 11.5 Å². The Morgan fingerprint density at radius 1 is 1.17 bits per heavy atom. The Labute approximate surface area is 148 Å². The summed E-state index contributed by atoms with van der Waals surface area (Å²) < 4.78 is 6.59. The molecule has 0 spiro atoms. The smallest absolute Gasteiger partial charge is 0.410 e. The zero-order valence-electron chi connectivity index (χ0n) is 15.1. The van der Waals surface area contributed by atoms with Gasteiger partial charge in [0.2, 0.25) is 0 Å². The van der Waals surface area contributed by atoms with E-state index in [0.29, 0.717) is 5.92 Å². The highest BCUT2D eigenvalue weighted by Crippen LogP contribution is 2.34. The van der Waals surface area contributed by atoms with Crippen LogP contribution in [-0.4, -0.2) is 29.7 Å². The first-order valence-electron chi connectivity index (χ1n) is 8.24. The molecule has 1 amide bonds. The van der Waals surface area contributed by atoms with Gasteiger partial charge in [0.15, 0.2) is 0 Å². The van der Waals surface area contributed by atoms with Crippen molar-refractivity contribution < 1.29 is 9.53 Å². The summed E-state index contributed by atoms with van der Waals surface area (Å²) >= 11 is 3.63. The van der Waals surface area contributed by atoms with Crippen LogP contribution in [0.1, 0.15) is 65.0 Å². The fraction of sp³-hybridized carbons (Fsp3) is 0.632. The number of benzene rings is 1. The van der Waals surface area contributed by atoms with Crippen LogP contribution in [0.4, 0.5) is 4.79 Å². The molecule has 1 heterocycles. The Morgan fingerprint density at radius 3 is 2.39 bits per heavy atom. The van der Waals surface area contributed by atoms with Gasteiger partial charge in [-0.15, -0.1) is 0 Å². The molecule has 1 fully saturated rings. The molecule has 1 aromatic rings. The lowest BCUT2D eigenvalue weighted by atomic mass is 9.84. The van der Waals surface area contributed by atoms with E-state index in [1.807, 2.05) is 25.7 Å². The van der Waals surface area contributed by atoms with Gasteiger partial charge in [0.05, 0.1) is 0 Å². The van der Waals surface area contributed by atoms with Crippen LogP contribution >= 0.6 is 15.9 Å². The minimum Gasteiger partial charge on any atom is -0.444 e. The monoisotopic (exact) mass is 381 g/mol. The molecular weight excluding hydrogens is 354 g/mol. The lowest BCUT2D eigenvalue weighted by Gasteiger charge is -2.25. The van der Waals surface area contributed by atoms with Crippen LogP contribution in [-0.2, 0) is 10.2 Å². The van der Waals surface area contributed by atoms with Crippen LogP contribution in [0.5, 0.6) is 0 Å². The molecule has 1 aromatic carbocycles. The highest BCUT2D eigenvalue weighted by Gasteiger charge is 2.31. The minimum absolute atomic E-state index is 0.113. The number of ether oxygens (including phenoxy) is 1. The average Bonchev–Trinajstić information content (AvgIpc) is 2.84. The Bertz CT molecular complexity index is 584. The lowest BCUT2D eigenvalue weighted by Crippen LogP contribution is -2.35. The molecule has 0 N–H and O–H groups in total. The SMILES string of the molecule is CC(C)(C)OC(=O)N1CCC(c2cc(Br)cc(C(C)(C)C)c2)C1. The number of hydrogen-bond donors (Lipinski definition) is 0. The molecule has 0 aromatic heterocycles. The molecule has 0 bridgehead atoms. The van der Waals surface area contributed by atoms with Crippen molar-refractivity contribution in [1.29, 1.82) is 0 Å². The Morgan fingerprint density at radius 2 is 1.83 bits per heavy atom. The number of carbonyl (C=O) groups excluding carboxylic acids is 1. The third-order valence-corrected chi connectivity index (χ3v) is 4.56. The fourth-order valence-corrected chi connectivity index (χ4v) is 3.32. The van der Waals surface area contributed by atoms with Gasteiger partial charge in [-0.25, -0.2) is 4.79 Å². The predicted molar refractivity (Wildman–Crippen MR) is 98.0 cm³/mol. The summed E-state index contributed by atoms with van der Waals surface area (Å²) in [6.07, 6.45) is 0.783. The molecule has 1 unspecified atom stereocenters. The summed E-state index contributed by atoms with van der Waals surface area (Å²) in [5.74, 6) is 0.376. The topological polar surface area (TPSA) is 29.5 Å². The second-order valence-electron chi connectivity index (χ2n) is 8.44. The Kier molecular flexibility index (Phi) is 5.15. The summed E-state index contributed by atoms with van der Waals surface area (Å²) in [6, 6.07) is 6.65. The normalized spacial score (nSPS) is 19.1. The van der Waals surface area contributed by atoms with Crippen molar-refractivity contribution in [3.63, 3.8) is 0 Å². The second kappa shape index (κ2) is 6.46. The van der Waals surface area contributed by atoms with Gasteiger partial charge in [-0.2, -0.15) is 0 Å². The maximum atomic E-state index is 12.2. The minimum atomic E-state index is -0.440. The fourth-order valence-electron chi connectivity index (χ4n) is 2.81. The number of carbonyl (C=O) groups is 1. The van der Waals surface area contributed by atoms with Gasteiger partial charge >= 0.3 is 6.09 Å². The van der Waals surface area contributed by atoms with E-state index in [1.165, 1.54) is 11.1 Å². The maximum Gasteiger partial charge on any atom is 0.410 e. The predicted octanol–water partition coefficient (Wildman–Crippen LogP) is 5.47. The molecule has 1 atom stereocenters. The number of rotatable bonds is 1. The summed E-state index contributed by atoms with van der Waals surface area (Å²) in [4.78, 5) is 14.1. The van der Waals surface area contributed by atoms with Gasteiger partial charge in [0.25, 0.3) is 0 Å². The molecule has 1 aliphatic heterocycles. The molecule has 0 aliphatic carbocycles. The van der Waals surface area contributed by atoms with E-state index in [4.69, 9.17) is 4.74 Å². The first-order valence-corrected chi connectivity index (χ1v) is 9.04. The van der Waals surface area contributed by atoms with E-state index in [1.54, 1.807) is 0 Å². The Balaban J connectivity index is 2.13. The highest BCUT2D eigenvalue weighted by molar-refractivity contribution is 9.10. The van der Waals surface area contributed by atoms with Gasteiger partial charge < -0.3 is 9.64 Å². The molecule has 0 radical (unpaired) electrons. The van der Waals surface area contributed by atoms with E-state index >= 15 is 0 Å². The molecule has 3 nitrogen and oxygen atoms in total. The first-order chi connectivity index (χ1) is 10.5. The average molecular weight is 382 g/mol. The largest absolute Gasteiger partial charge is 0.444 e. The van der Waals surface area contributed by atoms with Gasteiger partial charge in [0, 0.05) is 23.5 Å². The number of likely N-dealkylation sites (tertiary alicyclic amines) is 1. The molecular formula is C19H28BrNO2. The van der Waals surface area contributed by atoms with Crippen LogP contribution < -0.4 is 0 Å². The zero-order valence-corrected chi connectivity index (χ0v) is 16.7. The highest BCUT2D eigenvalue weighted by atomic mass is 79.9. The van der Waals surface area contributed by atoms with Crippen LogP contribution in [0, 0.1) is 0 Å². The third kappa shape index (κ3) is 4.97. The zero-order chi connectivity index (χ0) is 17.4. The van der Waals surface area contributed by atoms with Crippen molar-refractivity contribution in [3.05, 3.63) is 33.8 Å². The summed E-state index contributed by atoms with van der Waals surface area (Å²) in [5.41, 5.74) is 2.29. The number of hydrogen-bond acceptors (Lipinski definition) is 2. The number of nitrogens with zero attached hydrogens (tertiary/aromatic N) is 1. The van der Waals surface area contributed by atoms with Crippen molar-refractivity contribution >= 4 is 22.0 Å². The van der Waals surface area contributed by atoms with Crippen LogP contribution in [0.3, 0.4) is 0 Å². The van der Waals surface area contributed by atoms with Gasteiger partial charge in [-0.05, 0) is 55.9 Å². The summed E-state index contributed by atoms with van der Waals surface area (Å²) in [6.45, 7) is 13.9. The molecule has 4 heteroatoms. The van der Waals surface area contributed by atoms with Gasteiger partial charge in [0.1, 0.15) is 5.60 Å². The van der Waals surface area contributed by atoms with Crippen molar-refractivity contribution in [2.75, 3.05) is 13.1 Å². The van der Waals surface area contributed by atoms with Crippen molar-refractivity contribution in [3.8, 4) is 0 Å². The molecule has 128 valence electrons. The van der Waals surface area contributed by atoms with Gasteiger partial charge in [-0.3, -0.25) is 0 Å². The van der Waals surface area contributed by atoms with Crippen molar-refractivity contribution in [2.45, 2.75) is 64.9 Å². The van der Waals surface area contributed by atoms with Crippen LogP contribution in [0.25, 0.3) is 0 Å². The van der Waals surface area contributed by atoms with Crippen LogP contribution in [0.2, 0.25) is 0 Å². The quantitative estimate of drug-likeness (QED) is 0.645. The van der Waals surface area contributed by atoms with E-state index in [0.717, 1.165) is 24.0 Å². The second-order valence-corrected chi connectivity index (χ2v) is 9.35. The molecule has 2 rings (SSSR count). The standard InChI is InChI=1S/C19H28BrNO2/c1-18(2,3)15-9-14(10-16(20)11-15)13-7-8-21(12-13)17(22)23-19(4,5)6/h9-11,13H,7-8,12H2,1-6H3. The van der Waals surface area contributed by atoms with Gasteiger partial charge in [-0.1, -0.05) is 42.8 Å². The third-order valence-electron chi connectivity index (χ3n) is 4.10. The van der Waals surface area contributed by atoms with Crippen LogP contribution in [0.15, 0.2) is 22.7 Å². The first kappa shape index (κ1) is 18.3. The molecule has 1 aliphatic rings. The van der Waals surface area contributed by atoms with Crippen molar-refractivity contribution in [2.24, 2.45) is 0 Å². The number of halogens is 1. The van der Waals surface area contributed by atoms with E-state index < -0.39 is 5.60 Å². The van der Waals surface area contributed by atoms with Crippen molar-refractivity contribution in [1.82, 2.24) is 4.90 Å². The maximum absolute atomic E-state index is 12.2. The molecule has 0 saturated carbocycles. The molecule has 23 heavy (non-hydrogen) atoms.